The number of carboxylic acids is 1. The van der Waals surface area contributed by atoms with E-state index in [2.05, 4.69) is 0 Å². The monoisotopic (exact) mass is 356 g/mol. The van der Waals surface area contributed by atoms with Crippen LogP contribution in [0.5, 0.6) is 0 Å². The quantitative estimate of drug-likeness (QED) is 0.880. The van der Waals surface area contributed by atoms with E-state index < -0.39 is 25.6 Å². The summed E-state index contributed by atoms with van der Waals surface area (Å²) in [4.78, 5) is 10.9. The van der Waals surface area contributed by atoms with Crippen LogP contribution in [-0.4, -0.2) is 39.4 Å². The Kier molecular flexibility index (Phi) is 4.50. The third kappa shape index (κ3) is 3.23. The van der Waals surface area contributed by atoms with Crippen LogP contribution < -0.4 is 0 Å². The summed E-state index contributed by atoms with van der Waals surface area (Å²) in [7, 11) is -7.29. The van der Waals surface area contributed by atoms with Gasteiger partial charge < -0.3 is 5.11 Å². The van der Waals surface area contributed by atoms with Gasteiger partial charge in [0.15, 0.2) is 19.7 Å². The van der Waals surface area contributed by atoms with Gasteiger partial charge in [-0.3, -0.25) is 0 Å². The molecule has 2 aromatic carbocycles. The molecule has 124 valence electrons. The highest BCUT2D eigenvalue weighted by Crippen LogP contribution is 2.29. The highest BCUT2D eigenvalue weighted by Gasteiger charge is 2.21. The fourth-order valence-electron chi connectivity index (χ4n) is 2.20. The molecule has 0 amide bonds. The number of aromatic carboxylic acids is 1. The molecule has 2 aromatic rings. The molecule has 0 aliphatic heterocycles. The molecule has 8 heteroatoms. The molecule has 0 fully saturated rings. The molecule has 0 heterocycles. The number of carbonyl (C=O) groups is 1. The normalized spacial score (nSPS) is 12.4. The maximum Gasteiger partial charge on any atom is 0.335 e. The van der Waals surface area contributed by atoms with E-state index in [-0.39, 0.29) is 32.2 Å². The van der Waals surface area contributed by atoms with Gasteiger partial charge in [0.05, 0.1) is 26.9 Å². The average Bonchev–Trinajstić information content (AvgIpc) is 2.52. The maximum atomic E-state index is 12.3. The van der Waals surface area contributed by atoms with E-state index in [4.69, 9.17) is 5.11 Å². The minimum Gasteiger partial charge on any atom is -0.478 e. The molecular formula is C15H16O6S2. The summed E-state index contributed by atoms with van der Waals surface area (Å²) in [5.41, 5.74) is -0.0385. The first-order valence-electron chi connectivity index (χ1n) is 6.89. The topological polar surface area (TPSA) is 106 Å². The van der Waals surface area contributed by atoms with Crippen LogP contribution in [0.4, 0.5) is 0 Å². The predicted octanol–water partition coefficient (Wildman–Crippen LogP) is 2.13. The summed E-state index contributed by atoms with van der Waals surface area (Å²) < 4.78 is 48.8. The molecule has 0 spiro atoms. The fourth-order valence-corrected chi connectivity index (χ4v) is 4.35. The third-order valence-corrected chi connectivity index (χ3v) is 7.07. The minimum atomic E-state index is -3.66. The van der Waals surface area contributed by atoms with Gasteiger partial charge in [0.25, 0.3) is 0 Å². The largest absolute Gasteiger partial charge is 0.478 e. The van der Waals surface area contributed by atoms with Gasteiger partial charge in [0.1, 0.15) is 0 Å². The molecule has 0 aromatic heterocycles. The molecule has 2 rings (SSSR count). The third-order valence-electron chi connectivity index (χ3n) is 3.59. The molecule has 0 bridgehead atoms. The molecule has 0 saturated carbocycles. The average molecular weight is 356 g/mol. The van der Waals surface area contributed by atoms with Crippen LogP contribution in [0.25, 0.3) is 10.8 Å². The second-order valence-corrected chi connectivity index (χ2v) is 9.49. The highest BCUT2D eigenvalue weighted by atomic mass is 32.2. The van der Waals surface area contributed by atoms with Crippen molar-refractivity contribution in [1.82, 2.24) is 0 Å². The van der Waals surface area contributed by atoms with Crippen LogP contribution in [0.3, 0.4) is 0 Å². The van der Waals surface area contributed by atoms with E-state index in [1.807, 2.05) is 0 Å². The first-order valence-corrected chi connectivity index (χ1v) is 10.2. The van der Waals surface area contributed by atoms with Gasteiger partial charge in [-0.1, -0.05) is 19.9 Å². The van der Waals surface area contributed by atoms with Gasteiger partial charge in [0, 0.05) is 5.39 Å². The molecule has 6 nitrogen and oxygen atoms in total. The van der Waals surface area contributed by atoms with Crippen molar-refractivity contribution >= 4 is 36.4 Å². The van der Waals surface area contributed by atoms with Crippen molar-refractivity contribution < 1.29 is 26.7 Å². The maximum absolute atomic E-state index is 12.3. The zero-order chi connectivity index (χ0) is 17.4. The summed E-state index contributed by atoms with van der Waals surface area (Å²) in [5, 5.41) is 9.64. The number of benzene rings is 2. The number of fused-ring (bicyclic) bond motifs is 1. The number of rotatable bonds is 5. The van der Waals surface area contributed by atoms with E-state index in [9.17, 15) is 21.6 Å². The number of sulfone groups is 2. The van der Waals surface area contributed by atoms with Gasteiger partial charge in [-0.2, -0.15) is 0 Å². The summed E-state index contributed by atoms with van der Waals surface area (Å²) in [5.74, 6) is -1.53. The lowest BCUT2D eigenvalue weighted by Gasteiger charge is -2.11. The van der Waals surface area contributed by atoms with Crippen molar-refractivity contribution in [2.45, 2.75) is 23.6 Å². The van der Waals surface area contributed by atoms with E-state index in [0.717, 1.165) is 6.07 Å². The molecular weight excluding hydrogens is 340 g/mol. The number of hydrogen-bond acceptors (Lipinski definition) is 5. The first kappa shape index (κ1) is 17.4. The summed E-state index contributed by atoms with van der Waals surface area (Å²) in [6.45, 7) is 2.93. The van der Waals surface area contributed by atoms with E-state index >= 15 is 0 Å². The second-order valence-electron chi connectivity index (χ2n) is 4.97. The van der Waals surface area contributed by atoms with Crippen molar-refractivity contribution in [3.05, 3.63) is 35.9 Å². The predicted molar refractivity (Wildman–Crippen MR) is 86.4 cm³/mol. The molecule has 0 aliphatic rings. The Labute approximate surface area is 134 Å². The zero-order valence-corrected chi connectivity index (χ0v) is 14.2. The highest BCUT2D eigenvalue weighted by molar-refractivity contribution is 7.92. The van der Waals surface area contributed by atoms with Crippen molar-refractivity contribution in [2.75, 3.05) is 11.5 Å². The molecule has 0 aliphatic carbocycles. The van der Waals surface area contributed by atoms with Gasteiger partial charge >= 0.3 is 5.97 Å². The Morgan fingerprint density at radius 3 is 2.09 bits per heavy atom. The summed E-state index contributed by atoms with van der Waals surface area (Å²) >= 11 is 0. The van der Waals surface area contributed by atoms with Crippen LogP contribution in [-0.2, 0) is 19.7 Å². The van der Waals surface area contributed by atoms with E-state index in [1.165, 1.54) is 38.1 Å². The smallest absolute Gasteiger partial charge is 0.335 e. The van der Waals surface area contributed by atoms with Crippen LogP contribution in [0.2, 0.25) is 0 Å². The molecule has 0 atom stereocenters. The standard InChI is InChI=1S/C15H16O6S2/c1-3-22(18,19)12-8-11-7-10(15(16)17)5-6-13(11)14(9-12)23(20,21)4-2/h5-9H,3-4H2,1-2H3,(H,16,17). The SMILES string of the molecule is CCS(=O)(=O)c1cc(S(=O)(=O)CC)c2ccc(C(=O)O)cc2c1. The molecule has 1 N–H and O–H groups in total. The lowest BCUT2D eigenvalue weighted by atomic mass is 10.1. The Hall–Kier alpha value is -1.93. The fraction of sp³-hybridized carbons (Fsp3) is 0.267. The van der Waals surface area contributed by atoms with Gasteiger partial charge in [-0.25, -0.2) is 21.6 Å². The van der Waals surface area contributed by atoms with Crippen LogP contribution >= 0.6 is 0 Å². The molecule has 0 radical (unpaired) electrons. The summed E-state index contributed by atoms with van der Waals surface area (Å²) in [6, 6.07) is 6.44. The van der Waals surface area contributed by atoms with Crippen LogP contribution in [0.15, 0.2) is 40.1 Å². The molecule has 0 saturated heterocycles. The van der Waals surface area contributed by atoms with Crippen molar-refractivity contribution in [3.8, 4) is 0 Å². The van der Waals surface area contributed by atoms with E-state index in [1.54, 1.807) is 0 Å². The van der Waals surface area contributed by atoms with Crippen LogP contribution in [0.1, 0.15) is 24.2 Å². The number of carboxylic acid groups (broad SMARTS) is 1. The lowest BCUT2D eigenvalue weighted by Crippen LogP contribution is -2.09. The number of hydrogen-bond donors (Lipinski definition) is 1. The second kappa shape index (κ2) is 5.93. The zero-order valence-electron chi connectivity index (χ0n) is 12.6. The van der Waals surface area contributed by atoms with Crippen molar-refractivity contribution in [1.29, 1.82) is 0 Å². The summed E-state index contributed by atoms with van der Waals surface area (Å²) in [6.07, 6.45) is 0. The van der Waals surface area contributed by atoms with Gasteiger partial charge in [-0.15, -0.1) is 0 Å². The first-order chi connectivity index (χ1) is 10.6. The Morgan fingerprint density at radius 2 is 1.57 bits per heavy atom. The van der Waals surface area contributed by atoms with Crippen molar-refractivity contribution in [3.63, 3.8) is 0 Å². The Morgan fingerprint density at radius 1 is 0.957 bits per heavy atom. The Balaban J connectivity index is 2.96. The molecule has 23 heavy (non-hydrogen) atoms. The van der Waals surface area contributed by atoms with E-state index in [0.29, 0.717) is 5.39 Å². The minimum absolute atomic E-state index is 0.0385. The van der Waals surface area contributed by atoms with Gasteiger partial charge in [0.2, 0.25) is 0 Å². The molecule has 0 unspecified atom stereocenters. The Bertz CT molecular complexity index is 988. The van der Waals surface area contributed by atoms with Crippen LogP contribution in [0, 0.1) is 0 Å². The van der Waals surface area contributed by atoms with Crippen molar-refractivity contribution in [2.24, 2.45) is 0 Å². The lowest BCUT2D eigenvalue weighted by molar-refractivity contribution is 0.0697. The van der Waals surface area contributed by atoms with Gasteiger partial charge in [-0.05, 0) is 29.7 Å².